The van der Waals surface area contributed by atoms with Crippen molar-refractivity contribution in [2.75, 3.05) is 13.7 Å². The van der Waals surface area contributed by atoms with Crippen molar-refractivity contribution >= 4 is 18.4 Å². The minimum Gasteiger partial charge on any atom is -0.400 e. The Morgan fingerprint density at radius 3 is 2.05 bits per heavy atom. The van der Waals surface area contributed by atoms with Crippen LogP contribution in [-0.2, 0) is 4.79 Å². The largest absolute Gasteiger partial charge is 0.400 e. The molecule has 0 aromatic rings. The second-order valence-corrected chi connectivity index (χ2v) is 4.23. The molecule has 3 nitrogen and oxygen atoms in total. The number of hydrogen-bond donors (Lipinski definition) is 2. The van der Waals surface area contributed by atoms with Crippen molar-refractivity contribution in [3.8, 4) is 0 Å². The summed E-state index contributed by atoms with van der Waals surface area (Å²) in [6, 6.07) is 0.849. The number of aliphatic hydroxyl groups is 1. The van der Waals surface area contributed by atoms with Gasteiger partial charge in [-0.2, -0.15) is 0 Å². The van der Waals surface area contributed by atoms with Gasteiger partial charge in [-0.25, -0.2) is 0 Å². The van der Waals surface area contributed by atoms with Gasteiger partial charge in [0.05, 0.1) is 0 Å². The Kier molecular flexibility index (Phi) is 43.5. The van der Waals surface area contributed by atoms with Gasteiger partial charge in [-0.1, -0.05) is 45.9 Å². The van der Waals surface area contributed by atoms with Crippen LogP contribution in [0.3, 0.4) is 0 Å². The Balaban J connectivity index is -0.000000106. The van der Waals surface area contributed by atoms with Crippen LogP contribution in [0.25, 0.3) is 0 Å². The molecule has 0 radical (unpaired) electrons. The molecule has 1 aliphatic rings. The zero-order valence-corrected chi connectivity index (χ0v) is 14.2. The van der Waals surface area contributed by atoms with E-state index in [9.17, 15) is 0 Å². The molecule has 0 aromatic heterocycles. The highest BCUT2D eigenvalue weighted by molar-refractivity contribution is 6.25. The number of rotatable bonds is 3. The Morgan fingerprint density at radius 2 is 1.79 bits per heavy atom. The van der Waals surface area contributed by atoms with E-state index in [1.165, 1.54) is 37.8 Å². The van der Waals surface area contributed by atoms with Crippen LogP contribution in [0.2, 0.25) is 0 Å². The van der Waals surface area contributed by atoms with Gasteiger partial charge < -0.3 is 15.2 Å². The molecule has 1 rings (SSSR count). The van der Waals surface area contributed by atoms with Gasteiger partial charge in [-0.05, 0) is 43.7 Å². The highest BCUT2D eigenvalue weighted by atomic mass is 35.5. The summed E-state index contributed by atoms with van der Waals surface area (Å²) >= 11 is 4.76. The van der Waals surface area contributed by atoms with Crippen LogP contribution in [0.5, 0.6) is 0 Å². The fourth-order valence-corrected chi connectivity index (χ4v) is 1.54. The molecule has 0 spiro atoms. The predicted octanol–water partition coefficient (Wildman–Crippen LogP) is 3.99. The van der Waals surface area contributed by atoms with E-state index in [1.54, 1.807) is 0 Å². The van der Waals surface area contributed by atoms with Gasteiger partial charge >= 0.3 is 0 Å². The van der Waals surface area contributed by atoms with E-state index in [0.29, 0.717) is 0 Å². The number of carbonyl (C=O) groups is 1. The quantitative estimate of drug-likeness (QED) is 0.827. The van der Waals surface area contributed by atoms with Crippen LogP contribution in [-0.4, -0.2) is 31.6 Å². The maximum atomic E-state index is 8.00. The van der Waals surface area contributed by atoms with Gasteiger partial charge in [0.2, 0.25) is 0 Å². The Hall–Kier alpha value is -0.380. The lowest BCUT2D eigenvalue weighted by atomic mass is 10.0. The van der Waals surface area contributed by atoms with Crippen molar-refractivity contribution in [1.82, 2.24) is 5.32 Å². The van der Waals surface area contributed by atoms with Crippen molar-refractivity contribution in [1.29, 1.82) is 0 Å². The molecule has 1 aliphatic heterocycles. The third-order valence-electron chi connectivity index (χ3n) is 2.25. The maximum absolute atomic E-state index is 8.00. The smallest absolute Gasteiger partial charge is 0.106 e. The number of aliphatic hydroxyl groups excluding tert-OH is 1. The molecule has 0 aromatic carbocycles. The van der Waals surface area contributed by atoms with Crippen molar-refractivity contribution < 1.29 is 9.90 Å². The molecule has 1 unspecified atom stereocenters. The maximum Gasteiger partial charge on any atom is 0.106 e. The van der Waals surface area contributed by atoms with Crippen molar-refractivity contribution in [2.24, 2.45) is 5.92 Å². The summed E-state index contributed by atoms with van der Waals surface area (Å²) in [4.78, 5) is 8.00. The average Bonchev–Trinajstić information content (AvgIpc) is 2.97. The van der Waals surface area contributed by atoms with Crippen LogP contribution in [0, 0.1) is 5.92 Å². The molecule has 0 amide bonds. The summed E-state index contributed by atoms with van der Waals surface area (Å²) in [6.07, 6.45) is 5.57. The molecule has 2 N–H and O–H groups in total. The number of halogens is 1. The number of nitrogens with one attached hydrogen (secondary N) is 1. The zero-order chi connectivity index (χ0) is 16.1. The Labute approximate surface area is 125 Å². The lowest BCUT2D eigenvalue weighted by Gasteiger charge is -2.10. The van der Waals surface area contributed by atoms with Crippen LogP contribution in [0.15, 0.2) is 12.1 Å². The molecule has 1 fully saturated rings. The monoisotopic (exact) mass is 295 g/mol. The molecular weight excluding hydrogens is 262 g/mol. The summed E-state index contributed by atoms with van der Waals surface area (Å²) in [6.45, 7) is 15.0. The van der Waals surface area contributed by atoms with Crippen LogP contribution >= 0.6 is 11.6 Å². The van der Waals surface area contributed by atoms with Gasteiger partial charge in [-0.3, -0.25) is 0 Å². The molecule has 0 aliphatic carbocycles. The summed E-state index contributed by atoms with van der Waals surface area (Å²) in [5, 5.41) is 10.5. The highest BCUT2D eigenvalue weighted by Crippen LogP contribution is 2.13. The first-order valence-electron chi connectivity index (χ1n) is 6.88. The first-order valence-corrected chi connectivity index (χ1v) is 7.32. The topological polar surface area (TPSA) is 49.3 Å². The van der Waals surface area contributed by atoms with Crippen LogP contribution in [0.1, 0.15) is 53.4 Å². The molecular formula is C15H34ClNO2. The molecule has 1 atom stereocenters. The van der Waals surface area contributed by atoms with Gasteiger partial charge in [0.1, 0.15) is 6.79 Å². The summed E-state index contributed by atoms with van der Waals surface area (Å²) in [5.41, 5.74) is 1.22. The van der Waals surface area contributed by atoms with E-state index < -0.39 is 0 Å². The number of carbonyl (C=O) groups excluding carboxylic acids is 1. The van der Waals surface area contributed by atoms with E-state index in [2.05, 4.69) is 25.7 Å². The van der Waals surface area contributed by atoms with Crippen molar-refractivity contribution in [3.05, 3.63) is 12.1 Å². The minimum atomic E-state index is 0.849. The normalized spacial score (nSPS) is 15.3. The van der Waals surface area contributed by atoms with Gasteiger partial charge in [0.15, 0.2) is 0 Å². The van der Waals surface area contributed by atoms with E-state index in [4.69, 9.17) is 21.5 Å². The lowest BCUT2D eigenvalue weighted by molar-refractivity contribution is -0.0979. The fourth-order valence-electron chi connectivity index (χ4n) is 1.54. The van der Waals surface area contributed by atoms with Gasteiger partial charge in [-0.15, -0.1) is 0 Å². The first kappa shape index (κ1) is 27.0. The highest BCUT2D eigenvalue weighted by Gasteiger charge is 2.13. The summed E-state index contributed by atoms with van der Waals surface area (Å²) < 4.78 is 0. The molecule has 1 heterocycles. The van der Waals surface area contributed by atoms with E-state index in [0.717, 1.165) is 19.1 Å². The lowest BCUT2D eigenvalue weighted by Crippen LogP contribution is -2.21. The molecule has 1 saturated heterocycles. The fraction of sp³-hybridized carbons (Fsp3) is 0.800. The standard InChI is InChI=1S/C9H19N.C2H3Cl.C2H6.CH4O.CH2O/c1-8(2)5-6-9-4-3-7-10-9;1-2-3;3*1-2/h8-10H,3-7H2,1-2H3;2H,1H2;1-2H3;2H,1H3;1H2. The van der Waals surface area contributed by atoms with Crippen LogP contribution in [0.4, 0.5) is 0 Å². The van der Waals surface area contributed by atoms with Gasteiger partial charge in [0, 0.05) is 13.2 Å². The molecule has 19 heavy (non-hydrogen) atoms. The second kappa shape index (κ2) is 30.6. The van der Waals surface area contributed by atoms with E-state index >= 15 is 0 Å². The predicted molar refractivity (Wildman–Crippen MR) is 87.8 cm³/mol. The third kappa shape index (κ3) is 31.8. The summed E-state index contributed by atoms with van der Waals surface area (Å²) in [5.74, 6) is 0.877. The third-order valence-corrected chi connectivity index (χ3v) is 2.25. The summed E-state index contributed by atoms with van der Waals surface area (Å²) in [7, 11) is 1.00. The van der Waals surface area contributed by atoms with Crippen molar-refractivity contribution in [2.45, 2.75) is 59.4 Å². The Bertz CT molecular complexity index is 138. The molecule has 0 saturated carbocycles. The van der Waals surface area contributed by atoms with Crippen LogP contribution < -0.4 is 5.32 Å². The average molecular weight is 296 g/mol. The first-order chi connectivity index (χ1) is 9.20. The molecule has 0 bridgehead atoms. The zero-order valence-electron chi connectivity index (χ0n) is 13.4. The minimum absolute atomic E-state index is 0.849. The van der Waals surface area contributed by atoms with Crippen molar-refractivity contribution in [3.63, 3.8) is 0 Å². The molecule has 118 valence electrons. The number of hydrogen-bond acceptors (Lipinski definition) is 3. The second-order valence-electron chi connectivity index (χ2n) is 3.92. The van der Waals surface area contributed by atoms with E-state index in [1.807, 2.05) is 20.6 Å². The Morgan fingerprint density at radius 1 is 1.37 bits per heavy atom. The van der Waals surface area contributed by atoms with Gasteiger partial charge in [0.25, 0.3) is 0 Å². The van der Waals surface area contributed by atoms with E-state index in [-0.39, 0.29) is 0 Å². The SMILES string of the molecule is C=CCl.C=O.CC.CC(C)CCC1CCCN1.CO. The molecule has 4 heteroatoms.